The van der Waals surface area contributed by atoms with Gasteiger partial charge in [-0.1, -0.05) is 30.9 Å². The lowest BCUT2D eigenvalue weighted by molar-refractivity contribution is -0.130. The number of benzene rings is 2. The second-order valence-electron chi connectivity index (χ2n) is 7.13. The van der Waals surface area contributed by atoms with Crippen molar-refractivity contribution in [3.63, 3.8) is 0 Å². The Morgan fingerprint density at radius 1 is 0.679 bits per heavy atom. The minimum absolute atomic E-state index is 0.343. The Labute approximate surface area is 164 Å². The van der Waals surface area contributed by atoms with Crippen molar-refractivity contribution in [1.29, 1.82) is 0 Å². The Hall–Kier alpha value is -3.40. The maximum atomic E-state index is 11.9. The topological polar surface area (TPSA) is 52.6 Å². The molecule has 0 bridgehead atoms. The van der Waals surface area contributed by atoms with Crippen LogP contribution < -0.4 is 9.47 Å². The molecule has 3 rings (SSSR count). The lowest BCUT2D eigenvalue weighted by Gasteiger charge is -2.09. The summed E-state index contributed by atoms with van der Waals surface area (Å²) in [5, 5.41) is 0. The van der Waals surface area contributed by atoms with Crippen LogP contribution in [-0.2, 0) is 9.59 Å². The molecule has 0 radical (unpaired) electrons. The largest absolute Gasteiger partial charge is 0.423 e. The van der Waals surface area contributed by atoms with E-state index >= 15 is 0 Å². The average molecular weight is 374 g/mol. The van der Waals surface area contributed by atoms with E-state index in [0.717, 1.165) is 33.4 Å². The number of hydrogen-bond donors (Lipinski definition) is 0. The monoisotopic (exact) mass is 374 g/mol. The third-order valence-corrected chi connectivity index (χ3v) is 4.43. The number of esters is 2. The van der Waals surface area contributed by atoms with Crippen LogP contribution in [0.15, 0.2) is 66.3 Å². The van der Waals surface area contributed by atoms with Crippen LogP contribution in [-0.4, -0.2) is 11.9 Å². The van der Waals surface area contributed by atoms with Gasteiger partial charge in [-0.3, -0.25) is 0 Å². The van der Waals surface area contributed by atoms with Crippen molar-refractivity contribution in [1.82, 2.24) is 0 Å². The van der Waals surface area contributed by atoms with Gasteiger partial charge in [0.05, 0.1) is 0 Å². The first-order valence-electron chi connectivity index (χ1n) is 8.91. The Balaban J connectivity index is 2.05. The summed E-state index contributed by atoms with van der Waals surface area (Å²) in [6.07, 6.45) is 0. The zero-order valence-corrected chi connectivity index (χ0v) is 16.5. The molecule has 0 saturated heterocycles. The number of rotatable bonds is 4. The number of hydrogen-bond acceptors (Lipinski definition) is 4. The molecule has 1 aliphatic carbocycles. The van der Waals surface area contributed by atoms with Crippen LogP contribution in [0.3, 0.4) is 0 Å². The Morgan fingerprint density at radius 3 is 1.39 bits per heavy atom. The molecule has 1 aliphatic rings. The summed E-state index contributed by atoms with van der Waals surface area (Å²) >= 11 is 0. The predicted molar refractivity (Wildman–Crippen MR) is 110 cm³/mol. The predicted octanol–water partition coefficient (Wildman–Crippen LogP) is 5.47. The van der Waals surface area contributed by atoms with Crippen molar-refractivity contribution in [3.8, 4) is 22.6 Å². The number of allylic oxidation sites excluding steroid dienone is 1. The molecule has 2 aromatic carbocycles. The third-order valence-electron chi connectivity index (χ3n) is 4.43. The minimum Gasteiger partial charge on any atom is -0.423 e. The maximum Gasteiger partial charge on any atom is 0.338 e. The van der Waals surface area contributed by atoms with Crippen molar-refractivity contribution >= 4 is 17.5 Å². The molecule has 0 atom stereocenters. The smallest absolute Gasteiger partial charge is 0.338 e. The van der Waals surface area contributed by atoms with Crippen LogP contribution in [0.25, 0.3) is 16.7 Å². The number of fused-ring (bicyclic) bond motifs is 3. The minimum atomic E-state index is -0.455. The summed E-state index contributed by atoms with van der Waals surface area (Å²) in [7, 11) is 0. The number of carbonyl (C=O) groups is 2. The van der Waals surface area contributed by atoms with E-state index in [9.17, 15) is 9.59 Å². The summed E-state index contributed by atoms with van der Waals surface area (Å²) in [6, 6.07) is 11.1. The molecule has 0 saturated carbocycles. The summed E-state index contributed by atoms with van der Waals surface area (Å²) in [4.78, 5) is 23.7. The van der Waals surface area contributed by atoms with Gasteiger partial charge in [-0.15, -0.1) is 0 Å². The zero-order valence-electron chi connectivity index (χ0n) is 16.5. The number of carbonyl (C=O) groups excluding carboxylic acids is 2. The highest BCUT2D eigenvalue weighted by Crippen LogP contribution is 2.48. The molecule has 28 heavy (non-hydrogen) atoms. The zero-order chi connectivity index (χ0) is 20.6. The fourth-order valence-corrected chi connectivity index (χ4v) is 3.13. The van der Waals surface area contributed by atoms with Gasteiger partial charge in [0.1, 0.15) is 11.5 Å². The first-order chi connectivity index (χ1) is 13.2. The van der Waals surface area contributed by atoms with Crippen LogP contribution in [0.5, 0.6) is 11.5 Å². The van der Waals surface area contributed by atoms with E-state index in [-0.39, 0.29) is 0 Å². The quantitative estimate of drug-likeness (QED) is 0.345. The van der Waals surface area contributed by atoms with Crippen LogP contribution in [0.4, 0.5) is 0 Å². The average Bonchev–Trinajstić information content (AvgIpc) is 2.94. The molecule has 4 nitrogen and oxygen atoms in total. The van der Waals surface area contributed by atoms with E-state index in [4.69, 9.17) is 9.47 Å². The van der Waals surface area contributed by atoms with Crippen LogP contribution in [0.1, 0.15) is 38.8 Å². The molecular weight excluding hydrogens is 352 g/mol. The Morgan fingerprint density at radius 2 is 1.07 bits per heavy atom. The van der Waals surface area contributed by atoms with E-state index in [2.05, 4.69) is 13.2 Å². The summed E-state index contributed by atoms with van der Waals surface area (Å²) in [6.45, 7) is 14.5. The van der Waals surface area contributed by atoms with Gasteiger partial charge in [-0.25, -0.2) is 9.59 Å². The van der Waals surface area contributed by atoms with Gasteiger partial charge >= 0.3 is 11.9 Å². The van der Waals surface area contributed by atoms with E-state index in [1.165, 1.54) is 0 Å². The fourth-order valence-electron chi connectivity index (χ4n) is 3.13. The summed E-state index contributed by atoms with van der Waals surface area (Å²) in [5.74, 6) is 0.0193. The number of ether oxygens (including phenoxy) is 2. The molecule has 4 heteroatoms. The molecular formula is C24H22O4. The van der Waals surface area contributed by atoms with E-state index in [1.807, 2.05) is 38.1 Å². The highest BCUT2D eigenvalue weighted by Gasteiger charge is 2.26. The summed E-state index contributed by atoms with van der Waals surface area (Å²) in [5.41, 5.74) is 6.86. The van der Waals surface area contributed by atoms with E-state index in [1.54, 1.807) is 26.0 Å². The van der Waals surface area contributed by atoms with Crippen LogP contribution in [0.2, 0.25) is 0 Å². The van der Waals surface area contributed by atoms with Gasteiger partial charge in [-0.2, -0.15) is 0 Å². The van der Waals surface area contributed by atoms with Crippen molar-refractivity contribution in [2.45, 2.75) is 27.7 Å². The molecule has 2 aromatic rings. The molecule has 0 amide bonds. The van der Waals surface area contributed by atoms with Gasteiger partial charge in [0.15, 0.2) is 0 Å². The first kappa shape index (κ1) is 19.4. The molecule has 0 N–H and O–H groups in total. The van der Waals surface area contributed by atoms with Crippen molar-refractivity contribution < 1.29 is 19.1 Å². The van der Waals surface area contributed by atoms with Gasteiger partial charge in [0, 0.05) is 11.1 Å². The van der Waals surface area contributed by atoms with E-state index < -0.39 is 11.9 Å². The van der Waals surface area contributed by atoms with E-state index in [0.29, 0.717) is 22.6 Å². The second-order valence-corrected chi connectivity index (χ2v) is 7.13. The molecule has 0 spiro atoms. The van der Waals surface area contributed by atoms with Gasteiger partial charge < -0.3 is 9.47 Å². The molecule has 0 unspecified atom stereocenters. The molecule has 142 valence electrons. The highest BCUT2D eigenvalue weighted by atomic mass is 16.5. The lowest BCUT2D eigenvalue weighted by atomic mass is 9.99. The molecule has 0 aromatic heterocycles. The second kappa shape index (κ2) is 7.31. The standard InChI is InChI=1S/C24H22O4/c1-13(2)22-20-11-16(27-23(25)14(3)4)7-9-18(20)19-10-8-17(12-21(19)22)28-24(26)15(5)6/h7-12H,3,5H2,1-2,4,6H3. The Bertz CT molecular complexity index is 987. The van der Waals surface area contributed by atoms with Crippen molar-refractivity contribution in [2.24, 2.45) is 0 Å². The molecule has 0 fully saturated rings. The maximum absolute atomic E-state index is 11.9. The van der Waals surface area contributed by atoms with Crippen LogP contribution in [0, 0.1) is 0 Å². The van der Waals surface area contributed by atoms with Gasteiger partial charge in [-0.05, 0) is 79.8 Å². The normalized spacial score (nSPS) is 11.4. The van der Waals surface area contributed by atoms with Crippen molar-refractivity contribution in [2.75, 3.05) is 0 Å². The lowest BCUT2D eigenvalue weighted by Crippen LogP contribution is -2.08. The molecule has 0 aliphatic heterocycles. The van der Waals surface area contributed by atoms with Crippen molar-refractivity contribution in [3.05, 3.63) is 77.4 Å². The van der Waals surface area contributed by atoms with Crippen LogP contribution >= 0.6 is 0 Å². The first-order valence-corrected chi connectivity index (χ1v) is 8.91. The highest BCUT2D eigenvalue weighted by molar-refractivity contribution is 6.03. The van der Waals surface area contributed by atoms with Gasteiger partial charge in [0.2, 0.25) is 0 Å². The Kier molecular flexibility index (Phi) is 5.06. The third kappa shape index (κ3) is 3.54. The fraction of sp³-hybridized carbons (Fsp3) is 0.167. The molecule has 0 heterocycles. The summed E-state index contributed by atoms with van der Waals surface area (Å²) < 4.78 is 10.8. The SMILES string of the molecule is C=C(C)C(=O)Oc1ccc2c(c1)C(=C(C)C)c1cc(OC(=O)C(=C)C)ccc1-2. The van der Waals surface area contributed by atoms with Gasteiger partial charge in [0.25, 0.3) is 0 Å².